The number of anilines is 1. The topological polar surface area (TPSA) is 57.6 Å². The van der Waals surface area contributed by atoms with Crippen molar-refractivity contribution in [3.8, 4) is 0 Å². The highest BCUT2D eigenvalue weighted by atomic mass is 32.2. The molecule has 0 saturated carbocycles. The first kappa shape index (κ1) is 15.0. The van der Waals surface area contributed by atoms with Gasteiger partial charge in [0.05, 0.1) is 18.0 Å². The van der Waals surface area contributed by atoms with Crippen molar-refractivity contribution in [2.45, 2.75) is 26.7 Å². The Morgan fingerprint density at radius 1 is 1.22 bits per heavy atom. The van der Waals surface area contributed by atoms with Gasteiger partial charge in [-0.1, -0.05) is 32.9 Å². The molecule has 0 unspecified atom stereocenters. The van der Waals surface area contributed by atoms with E-state index < -0.39 is 9.84 Å². The largest absolute Gasteiger partial charge is 0.288 e. The summed E-state index contributed by atoms with van der Waals surface area (Å²) in [5.74, 6) is 0.505. The van der Waals surface area contributed by atoms with Crippen LogP contribution in [-0.2, 0) is 9.84 Å². The SMILES string of the molecule is CCS(=O)(=O)CCN(O)c1ccc(C(C)C)cc1. The van der Waals surface area contributed by atoms with E-state index >= 15 is 0 Å². The van der Waals surface area contributed by atoms with Gasteiger partial charge in [-0.2, -0.15) is 0 Å². The van der Waals surface area contributed by atoms with Gasteiger partial charge in [-0.25, -0.2) is 8.42 Å². The predicted molar refractivity (Wildman–Crippen MR) is 74.0 cm³/mol. The molecule has 5 heteroatoms. The van der Waals surface area contributed by atoms with E-state index in [9.17, 15) is 13.6 Å². The van der Waals surface area contributed by atoms with Crippen LogP contribution in [0, 0.1) is 0 Å². The second-order valence-electron chi connectivity index (χ2n) is 4.61. The molecule has 18 heavy (non-hydrogen) atoms. The Morgan fingerprint density at radius 3 is 2.22 bits per heavy atom. The Hall–Kier alpha value is -1.07. The van der Waals surface area contributed by atoms with Crippen molar-refractivity contribution in [2.75, 3.05) is 23.1 Å². The lowest BCUT2D eigenvalue weighted by molar-refractivity contribution is 0.260. The Bertz CT molecular complexity index is 466. The molecule has 0 aliphatic rings. The number of nitrogens with zero attached hydrogens (tertiary/aromatic N) is 1. The van der Waals surface area contributed by atoms with Crippen LogP contribution in [0.2, 0.25) is 0 Å². The lowest BCUT2D eigenvalue weighted by atomic mass is 10.0. The van der Waals surface area contributed by atoms with Gasteiger partial charge in [0.1, 0.15) is 0 Å². The average molecular weight is 271 g/mol. The average Bonchev–Trinajstić information content (AvgIpc) is 2.36. The third kappa shape index (κ3) is 4.31. The smallest absolute Gasteiger partial charge is 0.151 e. The Labute approximate surface area is 109 Å². The molecule has 0 heterocycles. The summed E-state index contributed by atoms with van der Waals surface area (Å²) in [5, 5.41) is 10.8. The highest BCUT2D eigenvalue weighted by Gasteiger charge is 2.11. The molecule has 0 radical (unpaired) electrons. The van der Waals surface area contributed by atoms with Gasteiger partial charge in [-0.3, -0.25) is 10.3 Å². The number of sulfone groups is 1. The van der Waals surface area contributed by atoms with E-state index in [1.165, 1.54) is 5.56 Å². The Morgan fingerprint density at radius 2 is 1.78 bits per heavy atom. The van der Waals surface area contributed by atoms with Crippen molar-refractivity contribution < 1.29 is 13.6 Å². The zero-order valence-corrected chi connectivity index (χ0v) is 11.9. The van der Waals surface area contributed by atoms with Crippen LogP contribution in [0.25, 0.3) is 0 Å². The fourth-order valence-electron chi connectivity index (χ4n) is 1.53. The maximum atomic E-state index is 11.3. The van der Waals surface area contributed by atoms with Crippen molar-refractivity contribution >= 4 is 15.5 Å². The molecule has 0 amide bonds. The number of benzene rings is 1. The van der Waals surface area contributed by atoms with E-state index in [0.29, 0.717) is 11.6 Å². The zero-order chi connectivity index (χ0) is 13.8. The summed E-state index contributed by atoms with van der Waals surface area (Å²) >= 11 is 0. The highest BCUT2D eigenvalue weighted by Crippen LogP contribution is 2.19. The first-order chi connectivity index (χ1) is 8.35. The van der Waals surface area contributed by atoms with Crippen LogP contribution in [0.1, 0.15) is 32.3 Å². The normalized spacial score (nSPS) is 11.8. The van der Waals surface area contributed by atoms with Crippen molar-refractivity contribution in [1.29, 1.82) is 0 Å². The number of hydroxylamine groups is 1. The van der Waals surface area contributed by atoms with Crippen molar-refractivity contribution in [2.24, 2.45) is 0 Å². The third-order valence-corrected chi connectivity index (χ3v) is 4.60. The molecule has 102 valence electrons. The summed E-state index contributed by atoms with van der Waals surface area (Å²) in [7, 11) is -3.05. The summed E-state index contributed by atoms with van der Waals surface area (Å²) in [6, 6.07) is 7.48. The standard InChI is InChI=1S/C13H21NO3S/c1-4-18(16,17)10-9-14(15)13-7-5-12(6-8-13)11(2)3/h5-8,11,15H,4,9-10H2,1-3H3. The molecule has 0 aromatic heterocycles. The molecule has 0 aliphatic carbocycles. The van der Waals surface area contributed by atoms with Gasteiger partial charge < -0.3 is 0 Å². The van der Waals surface area contributed by atoms with E-state index in [-0.39, 0.29) is 18.1 Å². The molecule has 0 spiro atoms. The Kier molecular flexibility index (Phi) is 5.16. The molecular weight excluding hydrogens is 250 g/mol. The molecule has 1 N–H and O–H groups in total. The maximum absolute atomic E-state index is 11.3. The maximum Gasteiger partial charge on any atom is 0.151 e. The molecule has 0 atom stereocenters. The van der Waals surface area contributed by atoms with E-state index in [1.807, 2.05) is 12.1 Å². The minimum Gasteiger partial charge on any atom is -0.288 e. The lowest BCUT2D eigenvalue weighted by Crippen LogP contribution is -2.26. The summed E-state index contributed by atoms with van der Waals surface area (Å²) < 4.78 is 22.7. The van der Waals surface area contributed by atoms with Crippen molar-refractivity contribution in [3.63, 3.8) is 0 Å². The van der Waals surface area contributed by atoms with Gasteiger partial charge in [0.2, 0.25) is 0 Å². The van der Waals surface area contributed by atoms with Crippen LogP contribution in [0.5, 0.6) is 0 Å². The van der Waals surface area contributed by atoms with Gasteiger partial charge in [0, 0.05) is 5.75 Å². The molecule has 1 rings (SSSR count). The van der Waals surface area contributed by atoms with E-state index in [4.69, 9.17) is 0 Å². The fraction of sp³-hybridized carbons (Fsp3) is 0.538. The summed E-state index contributed by atoms with van der Waals surface area (Å²) in [6.45, 7) is 5.89. The van der Waals surface area contributed by atoms with Gasteiger partial charge in [-0.05, 0) is 23.6 Å². The molecule has 1 aromatic carbocycles. The highest BCUT2D eigenvalue weighted by molar-refractivity contribution is 7.91. The lowest BCUT2D eigenvalue weighted by Gasteiger charge is -2.17. The molecular formula is C13H21NO3S. The van der Waals surface area contributed by atoms with E-state index in [2.05, 4.69) is 13.8 Å². The fourth-order valence-corrected chi connectivity index (χ4v) is 2.27. The van der Waals surface area contributed by atoms with Crippen LogP contribution >= 0.6 is 0 Å². The van der Waals surface area contributed by atoms with Crippen LogP contribution in [0.3, 0.4) is 0 Å². The number of hydrogen-bond acceptors (Lipinski definition) is 4. The van der Waals surface area contributed by atoms with Crippen LogP contribution in [-0.4, -0.2) is 31.7 Å². The molecule has 0 aliphatic heterocycles. The zero-order valence-electron chi connectivity index (χ0n) is 11.1. The third-order valence-electron chi connectivity index (χ3n) is 2.91. The van der Waals surface area contributed by atoms with E-state index in [1.54, 1.807) is 19.1 Å². The quantitative estimate of drug-likeness (QED) is 0.807. The van der Waals surface area contributed by atoms with Crippen LogP contribution < -0.4 is 5.06 Å². The summed E-state index contributed by atoms with van der Waals surface area (Å²) in [4.78, 5) is 0. The number of rotatable bonds is 6. The molecule has 0 bridgehead atoms. The summed E-state index contributed by atoms with van der Waals surface area (Å²) in [5.41, 5.74) is 1.80. The minimum atomic E-state index is -3.05. The second kappa shape index (κ2) is 6.20. The van der Waals surface area contributed by atoms with E-state index in [0.717, 1.165) is 5.06 Å². The van der Waals surface area contributed by atoms with Gasteiger partial charge in [0.25, 0.3) is 0 Å². The van der Waals surface area contributed by atoms with Crippen molar-refractivity contribution in [3.05, 3.63) is 29.8 Å². The first-order valence-electron chi connectivity index (χ1n) is 6.12. The molecule has 1 aromatic rings. The second-order valence-corrected chi connectivity index (χ2v) is 7.08. The predicted octanol–water partition coefficient (Wildman–Crippen LogP) is 2.44. The van der Waals surface area contributed by atoms with Crippen LogP contribution in [0.4, 0.5) is 5.69 Å². The number of hydrogen-bond donors (Lipinski definition) is 1. The Balaban J connectivity index is 2.65. The van der Waals surface area contributed by atoms with Crippen LogP contribution in [0.15, 0.2) is 24.3 Å². The molecule has 4 nitrogen and oxygen atoms in total. The minimum absolute atomic E-state index is 0.0358. The van der Waals surface area contributed by atoms with Gasteiger partial charge >= 0.3 is 0 Å². The monoisotopic (exact) mass is 271 g/mol. The van der Waals surface area contributed by atoms with Gasteiger partial charge in [0.15, 0.2) is 9.84 Å². The molecule has 0 saturated heterocycles. The first-order valence-corrected chi connectivity index (χ1v) is 7.94. The summed E-state index contributed by atoms with van der Waals surface area (Å²) in [6.07, 6.45) is 0. The van der Waals surface area contributed by atoms with Gasteiger partial charge in [-0.15, -0.1) is 0 Å². The van der Waals surface area contributed by atoms with Crippen molar-refractivity contribution in [1.82, 2.24) is 0 Å². The molecule has 0 fully saturated rings.